The van der Waals surface area contributed by atoms with Crippen molar-refractivity contribution >= 4 is 31.3 Å². The van der Waals surface area contributed by atoms with E-state index < -0.39 is 50.2 Å². The van der Waals surface area contributed by atoms with Crippen LogP contribution >= 0.6 is 7.60 Å². The highest BCUT2D eigenvalue weighted by molar-refractivity contribution is 7.52. The number of hydrogen-bond donors (Lipinski definition) is 1. The second-order valence-electron chi connectivity index (χ2n) is 17.2. The number of rotatable bonds is 41. The summed E-state index contributed by atoms with van der Waals surface area (Å²) >= 11 is 0. The van der Waals surface area contributed by atoms with Crippen LogP contribution in [0.1, 0.15) is 240 Å². The van der Waals surface area contributed by atoms with E-state index in [1.54, 1.807) is 24.3 Å². The summed E-state index contributed by atoms with van der Waals surface area (Å²) in [5.41, 5.74) is 0.506. The molecule has 0 aromatic heterocycles. The van der Waals surface area contributed by atoms with Crippen molar-refractivity contribution in [3.63, 3.8) is 0 Å². The number of esters is 2. The van der Waals surface area contributed by atoms with Gasteiger partial charge in [-0.1, -0.05) is 206 Å². The lowest BCUT2D eigenvalue weighted by Crippen LogP contribution is -2.33. The van der Waals surface area contributed by atoms with Crippen LogP contribution in [0.15, 0.2) is 24.3 Å². The lowest BCUT2D eigenvalue weighted by Gasteiger charge is -2.21. The van der Waals surface area contributed by atoms with E-state index in [1.165, 1.54) is 141 Å². The summed E-state index contributed by atoms with van der Waals surface area (Å²) in [6, 6.07) is 6.40. The summed E-state index contributed by atoms with van der Waals surface area (Å²) in [5.74, 6) is -1.94. The van der Waals surface area contributed by atoms with Crippen molar-refractivity contribution in [2.24, 2.45) is 0 Å². The van der Waals surface area contributed by atoms with E-state index in [0.29, 0.717) is 12.8 Å². The van der Waals surface area contributed by atoms with Gasteiger partial charge in [0.05, 0.1) is 23.9 Å². The second-order valence-corrected chi connectivity index (χ2v) is 19.1. The summed E-state index contributed by atoms with van der Waals surface area (Å²) in [6.45, 7) is 3.44. The molecule has 2 rings (SSSR count). The number of carbonyl (C=O) groups is 4. The van der Waals surface area contributed by atoms with Crippen LogP contribution in [0.2, 0.25) is 0 Å². The van der Waals surface area contributed by atoms with E-state index in [4.69, 9.17) is 14.0 Å². The zero-order valence-corrected chi connectivity index (χ0v) is 38.8. The van der Waals surface area contributed by atoms with E-state index in [9.17, 15) is 28.6 Å². The van der Waals surface area contributed by atoms with Gasteiger partial charge in [0.25, 0.3) is 11.8 Å². The maximum absolute atomic E-state index is 13.0. The molecular weight excluding hydrogens is 778 g/mol. The third kappa shape index (κ3) is 26.0. The second kappa shape index (κ2) is 35.0. The summed E-state index contributed by atoms with van der Waals surface area (Å²) in [5, 5.41) is 0. The number of imide groups is 1. The lowest BCUT2D eigenvalue weighted by atomic mass is 10.0. The minimum atomic E-state index is -4.32. The molecule has 0 radical (unpaired) electrons. The predicted octanol–water partition coefficient (Wildman–Crippen LogP) is 13.5. The zero-order valence-electron chi connectivity index (χ0n) is 38.0. The fourth-order valence-electron chi connectivity index (χ4n) is 7.83. The van der Waals surface area contributed by atoms with E-state index >= 15 is 0 Å². The molecule has 0 bridgehead atoms. The Morgan fingerprint density at radius 3 is 1.28 bits per heavy atom. The van der Waals surface area contributed by atoms with Crippen LogP contribution in [0, 0.1) is 0 Å². The van der Waals surface area contributed by atoms with Gasteiger partial charge in [0.15, 0.2) is 6.10 Å². The number of nitrogens with zero attached hydrogens (tertiary/aromatic N) is 1. The molecule has 0 fully saturated rings. The third-order valence-electron chi connectivity index (χ3n) is 11.6. The van der Waals surface area contributed by atoms with Crippen molar-refractivity contribution in [2.75, 3.05) is 25.9 Å². The third-order valence-corrected chi connectivity index (χ3v) is 13.0. The number of ether oxygens (including phenoxy) is 2. The summed E-state index contributed by atoms with van der Waals surface area (Å²) in [7, 11) is -4.32. The Morgan fingerprint density at radius 1 is 0.550 bits per heavy atom. The number of carbonyl (C=O) groups excluding carboxylic acids is 4. The minimum Gasteiger partial charge on any atom is -0.462 e. The van der Waals surface area contributed by atoms with Crippen LogP contribution < -0.4 is 0 Å². The Labute approximate surface area is 364 Å². The van der Waals surface area contributed by atoms with Gasteiger partial charge in [0, 0.05) is 19.4 Å². The van der Waals surface area contributed by atoms with E-state index in [2.05, 4.69) is 13.8 Å². The number of benzene rings is 1. The molecule has 1 heterocycles. The van der Waals surface area contributed by atoms with Crippen LogP contribution in [-0.2, 0) is 28.2 Å². The normalized spacial score (nSPS) is 14.0. The van der Waals surface area contributed by atoms with Gasteiger partial charge < -0.3 is 18.9 Å². The van der Waals surface area contributed by atoms with E-state index in [-0.39, 0.29) is 37.1 Å². The zero-order chi connectivity index (χ0) is 43.5. The fraction of sp³-hybridized carbons (Fsp3) is 0.796. The molecule has 1 aromatic rings. The molecule has 10 nitrogen and oxygen atoms in total. The molecule has 0 aliphatic carbocycles. The van der Waals surface area contributed by atoms with Gasteiger partial charge in [-0.3, -0.25) is 28.6 Å². The summed E-state index contributed by atoms with van der Waals surface area (Å²) in [4.78, 5) is 62.4. The molecule has 1 unspecified atom stereocenters. The molecule has 60 heavy (non-hydrogen) atoms. The maximum atomic E-state index is 13.0. The number of amides is 2. The van der Waals surface area contributed by atoms with Crippen LogP contribution in [0.5, 0.6) is 0 Å². The largest absolute Gasteiger partial charge is 0.462 e. The first-order valence-corrected chi connectivity index (χ1v) is 26.2. The van der Waals surface area contributed by atoms with Gasteiger partial charge in [-0.25, -0.2) is 0 Å². The number of fused-ring (bicyclic) bond motifs is 1. The van der Waals surface area contributed by atoms with Crippen molar-refractivity contribution in [1.29, 1.82) is 0 Å². The predicted molar refractivity (Wildman–Crippen MR) is 242 cm³/mol. The minimum absolute atomic E-state index is 0.193. The standard InChI is InChI=1S/C49H84NO9P/c1-3-5-7-9-11-13-15-17-19-21-23-25-27-29-31-37-46(51)57-41-43(42-58-60(55,56)40-39-50-48(53)44-35-33-34-36-45(44)49(50)54)59-47(52)38-32-30-28-26-24-22-20-18-16-14-12-10-8-6-4-2/h33-36,43H,3-32,37-42H2,1-2H3,(H,55,56)/t43-/m0/s1. The Morgan fingerprint density at radius 2 is 0.900 bits per heavy atom. The molecule has 11 heteroatoms. The summed E-state index contributed by atoms with van der Waals surface area (Å²) < 4.78 is 29.4. The maximum Gasteiger partial charge on any atom is 0.330 e. The van der Waals surface area contributed by atoms with E-state index in [0.717, 1.165) is 43.4 Å². The number of hydrogen-bond acceptors (Lipinski definition) is 8. The highest BCUT2D eigenvalue weighted by Gasteiger charge is 2.36. The molecule has 1 aliphatic heterocycles. The van der Waals surface area contributed by atoms with Crippen LogP contribution in [0.4, 0.5) is 0 Å². The van der Waals surface area contributed by atoms with Gasteiger partial charge in [0.2, 0.25) is 0 Å². The first kappa shape index (κ1) is 53.6. The average molecular weight is 862 g/mol. The molecular formula is C49H84NO9P. The van der Waals surface area contributed by atoms with Crippen molar-refractivity contribution in [3.8, 4) is 0 Å². The van der Waals surface area contributed by atoms with Crippen molar-refractivity contribution < 1.29 is 42.6 Å². The molecule has 0 saturated heterocycles. The van der Waals surface area contributed by atoms with Gasteiger partial charge in [0.1, 0.15) is 6.61 Å². The van der Waals surface area contributed by atoms with E-state index in [1.807, 2.05) is 0 Å². The SMILES string of the molecule is CCCCCCCCCCCCCCCCCC(=O)OC[C@@H](COP(=O)(O)CCN1C(=O)c2ccccc2C1=O)OC(=O)CCCCCCCCCCCCCCCCC. The Bertz CT molecular complexity index is 1320. The highest BCUT2D eigenvalue weighted by atomic mass is 31.2. The van der Waals surface area contributed by atoms with Crippen LogP contribution in [0.3, 0.4) is 0 Å². The quantitative estimate of drug-likeness (QED) is 0.0295. The topological polar surface area (TPSA) is 137 Å². The van der Waals surface area contributed by atoms with Crippen molar-refractivity contribution in [1.82, 2.24) is 4.90 Å². The Balaban J connectivity index is 1.67. The molecule has 1 aromatic carbocycles. The molecule has 1 N–H and O–H groups in total. The smallest absolute Gasteiger partial charge is 0.330 e. The first-order valence-electron chi connectivity index (χ1n) is 24.4. The summed E-state index contributed by atoms with van der Waals surface area (Å²) in [6.07, 6.45) is 35.7. The first-order chi connectivity index (χ1) is 29.2. The monoisotopic (exact) mass is 862 g/mol. The molecule has 0 saturated carbocycles. The van der Waals surface area contributed by atoms with Crippen molar-refractivity contribution in [3.05, 3.63) is 35.4 Å². The molecule has 0 spiro atoms. The van der Waals surface area contributed by atoms with Crippen LogP contribution in [0.25, 0.3) is 0 Å². The Hall–Kier alpha value is -2.55. The van der Waals surface area contributed by atoms with Gasteiger partial charge in [-0.2, -0.15) is 0 Å². The molecule has 344 valence electrons. The molecule has 1 aliphatic rings. The fourth-order valence-corrected chi connectivity index (χ4v) is 8.81. The van der Waals surface area contributed by atoms with Crippen LogP contribution in [-0.4, -0.2) is 65.6 Å². The highest BCUT2D eigenvalue weighted by Crippen LogP contribution is 2.42. The lowest BCUT2D eigenvalue weighted by molar-refractivity contribution is -0.161. The molecule has 2 amide bonds. The van der Waals surface area contributed by atoms with Gasteiger partial charge >= 0.3 is 19.5 Å². The van der Waals surface area contributed by atoms with Crippen molar-refractivity contribution in [2.45, 2.75) is 225 Å². The van der Waals surface area contributed by atoms with Gasteiger partial charge in [-0.15, -0.1) is 0 Å². The molecule has 2 atom stereocenters. The average Bonchev–Trinajstić information content (AvgIpc) is 3.48. The number of unbranched alkanes of at least 4 members (excludes halogenated alkanes) is 28. The van der Waals surface area contributed by atoms with Gasteiger partial charge in [-0.05, 0) is 25.0 Å². The Kier molecular flexibility index (Phi) is 31.2.